The predicted molar refractivity (Wildman–Crippen MR) is 97.0 cm³/mol. The van der Waals surface area contributed by atoms with Crippen LogP contribution in [0.15, 0.2) is 24.5 Å². The van der Waals surface area contributed by atoms with E-state index in [4.69, 9.17) is 14.2 Å². The average molecular weight is 360 g/mol. The van der Waals surface area contributed by atoms with Crippen molar-refractivity contribution >= 4 is 11.6 Å². The van der Waals surface area contributed by atoms with Crippen LogP contribution in [0.4, 0.5) is 5.69 Å². The summed E-state index contributed by atoms with van der Waals surface area (Å²) >= 11 is 0. The molecule has 0 saturated carbocycles. The third kappa shape index (κ3) is 3.32. The van der Waals surface area contributed by atoms with E-state index in [2.05, 4.69) is 15.7 Å². The van der Waals surface area contributed by atoms with Gasteiger partial charge in [-0.3, -0.25) is 9.48 Å². The van der Waals surface area contributed by atoms with Gasteiger partial charge < -0.3 is 24.8 Å². The highest BCUT2D eigenvalue weighted by Crippen LogP contribution is 2.43. The molecule has 1 amide bonds. The van der Waals surface area contributed by atoms with Gasteiger partial charge >= 0.3 is 0 Å². The summed E-state index contributed by atoms with van der Waals surface area (Å²) in [5.41, 5.74) is 1.60. The Balaban J connectivity index is 1.83. The van der Waals surface area contributed by atoms with E-state index in [0.29, 0.717) is 29.5 Å². The summed E-state index contributed by atoms with van der Waals surface area (Å²) in [6.07, 6.45) is 3.77. The SMILES string of the molecule is COc1ccc(NC(=O)[C@H]2CNC[C@@H]2c2cnn(C)c2)c(OC)c1OC. The predicted octanol–water partition coefficient (Wildman–Crippen LogP) is 1.39. The first-order valence-corrected chi connectivity index (χ1v) is 8.38. The molecule has 0 unspecified atom stereocenters. The lowest BCUT2D eigenvalue weighted by Gasteiger charge is -2.20. The normalized spacial score (nSPS) is 19.2. The first-order chi connectivity index (χ1) is 12.6. The quantitative estimate of drug-likeness (QED) is 0.810. The van der Waals surface area contributed by atoms with E-state index in [1.807, 2.05) is 19.4 Å². The number of carbonyl (C=O) groups is 1. The number of aryl methyl sites for hydroxylation is 1. The highest BCUT2D eigenvalue weighted by molar-refractivity contribution is 5.95. The number of nitrogens with zero attached hydrogens (tertiary/aromatic N) is 2. The molecule has 0 bridgehead atoms. The van der Waals surface area contributed by atoms with E-state index < -0.39 is 0 Å². The molecule has 140 valence electrons. The Hall–Kier alpha value is -2.74. The van der Waals surface area contributed by atoms with Crippen molar-refractivity contribution in [3.8, 4) is 17.2 Å². The molecule has 2 N–H and O–H groups in total. The first-order valence-electron chi connectivity index (χ1n) is 8.38. The molecule has 1 fully saturated rings. The van der Waals surface area contributed by atoms with Gasteiger partial charge in [0.15, 0.2) is 11.5 Å². The second-order valence-corrected chi connectivity index (χ2v) is 6.19. The van der Waals surface area contributed by atoms with Gasteiger partial charge in [-0.1, -0.05) is 0 Å². The number of hydrogen-bond donors (Lipinski definition) is 2. The number of rotatable bonds is 6. The molecule has 1 saturated heterocycles. The van der Waals surface area contributed by atoms with Crippen molar-refractivity contribution in [2.45, 2.75) is 5.92 Å². The minimum atomic E-state index is -0.197. The van der Waals surface area contributed by atoms with E-state index >= 15 is 0 Å². The van der Waals surface area contributed by atoms with Gasteiger partial charge in [0, 0.05) is 32.3 Å². The smallest absolute Gasteiger partial charge is 0.229 e. The molecule has 2 atom stereocenters. The largest absolute Gasteiger partial charge is 0.493 e. The fourth-order valence-electron chi connectivity index (χ4n) is 3.36. The number of benzene rings is 1. The Morgan fingerprint density at radius 1 is 1.19 bits per heavy atom. The van der Waals surface area contributed by atoms with E-state index in [1.165, 1.54) is 14.2 Å². The minimum Gasteiger partial charge on any atom is -0.493 e. The summed E-state index contributed by atoms with van der Waals surface area (Å²) in [5.74, 6) is 1.23. The molecule has 8 heteroatoms. The molecule has 1 aliphatic rings. The zero-order valence-corrected chi connectivity index (χ0v) is 15.4. The van der Waals surface area contributed by atoms with Crippen LogP contribution in [0, 0.1) is 5.92 Å². The second-order valence-electron chi connectivity index (χ2n) is 6.19. The van der Waals surface area contributed by atoms with Crippen LogP contribution in [0.25, 0.3) is 0 Å². The number of ether oxygens (including phenoxy) is 3. The van der Waals surface area contributed by atoms with Gasteiger partial charge in [0.05, 0.1) is 39.1 Å². The fraction of sp³-hybridized carbons (Fsp3) is 0.444. The van der Waals surface area contributed by atoms with Crippen molar-refractivity contribution in [3.05, 3.63) is 30.1 Å². The molecule has 0 spiro atoms. The molecule has 1 aliphatic heterocycles. The number of aromatic nitrogens is 2. The molecular formula is C18H24N4O4. The standard InChI is InChI=1S/C18H24N4O4/c1-22-10-11(7-20-22)12-8-19-9-13(12)18(23)21-14-5-6-15(24-2)17(26-4)16(14)25-3/h5-7,10,12-13,19H,8-9H2,1-4H3,(H,21,23)/t12-,13+/m1/s1. The monoisotopic (exact) mass is 360 g/mol. The lowest BCUT2D eigenvalue weighted by atomic mass is 9.90. The first kappa shape index (κ1) is 18.1. The Morgan fingerprint density at radius 2 is 1.96 bits per heavy atom. The molecule has 0 aliphatic carbocycles. The molecular weight excluding hydrogens is 336 g/mol. The van der Waals surface area contributed by atoms with Crippen molar-refractivity contribution < 1.29 is 19.0 Å². The van der Waals surface area contributed by atoms with Gasteiger partial charge in [-0.25, -0.2) is 0 Å². The van der Waals surface area contributed by atoms with E-state index in [-0.39, 0.29) is 17.7 Å². The van der Waals surface area contributed by atoms with Gasteiger partial charge in [0.25, 0.3) is 0 Å². The van der Waals surface area contributed by atoms with Crippen LogP contribution in [0.5, 0.6) is 17.2 Å². The number of carbonyl (C=O) groups excluding carboxylic acids is 1. The summed E-state index contributed by atoms with van der Waals surface area (Å²) in [7, 11) is 6.49. The Labute approximate surface area is 152 Å². The maximum atomic E-state index is 12.9. The van der Waals surface area contributed by atoms with Gasteiger partial charge in [0.1, 0.15) is 0 Å². The van der Waals surface area contributed by atoms with Gasteiger partial charge in [-0.15, -0.1) is 0 Å². The van der Waals surface area contributed by atoms with Crippen molar-refractivity contribution in [1.82, 2.24) is 15.1 Å². The zero-order valence-electron chi connectivity index (χ0n) is 15.4. The lowest BCUT2D eigenvalue weighted by Crippen LogP contribution is -2.28. The second kappa shape index (κ2) is 7.65. The molecule has 26 heavy (non-hydrogen) atoms. The maximum absolute atomic E-state index is 12.9. The van der Waals surface area contributed by atoms with Crippen LogP contribution in [-0.4, -0.2) is 50.1 Å². The van der Waals surface area contributed by atoms with E-state index in [9.17, 15) is 4.79 Å². The number of hydrogen-bond acceptors (Lipinski definition) is 6. The van der Waals surface area contributed by atoms with Gasteiger partial charge in [-0.2, -0.15) is 5.10 Å². The van der Waals surface area contributed by atoms with Crippen molar-refractivity contribution in [2.24, 2.45) is 13.0 Å². The van der Waals surface area contributed by atoms with E-state index in [1.54, 1.807) is 23.9 Å². The van der Waals surface area contributed by atoms with Crippen molar-refractivity contribution in [3.63, 3.8) is 0 Å². The van der Waals surface area contributed by atoms with Crippen molar-refractivity contribution in [1.29, 1.82) is 0 Å². The van der Waals surface area contributed by atoms with Crippen LogP contribution < -0.4 is 24.8 Å². The summed E-state index contributed by atoms with van der Waals surface area (Å²) in [6.45, 7) is 1.36. The third-order valence-corrected chi connectivity index (χ3v) is 4.67. The summed E-state index contributed by atoms with van der Waals surface area (Å²) in [4.78, 5) is 12.9. The van der Waals surface area contributed by atoms with Crippen LogP contribution in [0.3, 0.4) is 0 Å². The molecule has 2 aromatic rings. The number of anilines is 1. The third-order valence-electron chi connectivity index (χ3n) is 4.67. The van der Waals surface area contributed by atoms with Crippen molar-refractivity contribution in [2.75, 3.05) is 39.7 Å². The lowest BCUT2D eigenvalue weighted by molar-refractivity contribution is -0.119. The molecule has 1 aromatic heterocycles. The average Bonchev–Trinajstić information content (AvgIpc) is 3.29. The van der Waals surface area contributed by atoms with Gasteiger partial charge in [0.2, 0.25) is 11.7 Å². The van der Waals surface area contributed by atoms with Gasteiger partial charge in [-0.05, 0) is 17.7 Å². The maximum Gasteiger partial charge on any atom is 0.229 e. The Morgan fingerprint density at radius 3 is 2.58 bits per heavy atom. The highest BCUT2D eigenvalue weighted by Gasteiger charge is 2.35. The zero-order chi connectivity index (χ0) is 18.7. The van der Waals surface area contributed by atoms with Crippen LogP contribution in [0.1, 0.15) is 11.5 Å². The fourth-order valence-corrected chi connectivity index (χ4v) is 3.36. The van der Waals surface area contributed by atoms with Crippen LogP contribution >= 0.6 is 0 Å². The number of nitrogens with one attached hydrogen (secondary N) is 2. The minimum absolute atomic E-state index is 0.0747. The molecule has 8 nitrogen and oxygen atoms in total. The number of methoxy groups -OCH3 is 3. The Kier molecular flexibility index (Phi) is 5.32. The molecule has 0 radical (unpaired) electrons. The van der Waals surface area contributed by atoms with Crippen LogP contribution in [0.2, 0.25) is 0 Å². The summed E-state index contributed by atoms with van der Waals surface area (Å²) in [5, 5.41) is 10.5. The molecule has 1 aromatic carbocycles. The summed E-state index contributed by atoms with van der Waals surface area (Å²) < 4.78 is 17.8. The number of amides is 1. The molecule has 3 rings (SSSR count). The Bertz CT molecular complexity index is 789. The van der Waals surface area contributed by atoms with Crippen LogP contribution in [-0.2, 0) is 11.8 Å². The van der Waals surface area contributed by atoms with E-state index in [0.717, 1.165) is 12.1 Å². The highest BCUT2D eigenvalue weighted by atomic mass is 16.5. The summed E-state index contributed by atoms with van der Waals surface area (Å²) in [6, 6.07) is 3.49. The topological polar surface area (TPSA) is 86.6 Å². The molecule has 2 heterocycles.